The smallest absolute Gasteiger partial charge is 0.229 e. The van der Waals surface area contributed by atoms with Gasteiger partial charge in [0.15, 0.2) is 17.0 Å². The SMILES string of the molecule is OCC1CCCN1c1nc(NCCOc2ccccc2)c2ncn(C3CCCCC3)c2n1. The molecule has 8 heteroatoms. The number of imidazole rings is 1. The van der Waals surface area contributed by atoms with Gasteiger partial charge >= 0.3 is 0 Å². The summed E-state index contributed by atoms with van der Waals surface area (Å²) < 4.78 is 8.08. The van der Waals surface area contributed by atoms with Gasteiger partial charge in [0, 0.05) is 12.6 Å². The lowest BCUT2D eigenvalue weighted by atomic mass is 9.95. The van der Waals surface area contributed by atoms with Crippen molar-refractivity contribution in [3.63, 3.8) is 0 Å². The summed E-state index contributed by atoms with van der Waals surface area (Å²) in [6.45, 7) is 2.12. The van der Waals surface area contributed by atoms with E-state index >= 15 is 0 Å². The van der Waals surface area contributed by atoms with E-state index in [-0.39, 0.29) is 12.6 Å². The van der Waals surface area contributed by atoms with Gasteiger partial charge in [-0.15, -0.1) is 0 Å². The molecular formula is C24H32N6O2. The second kappa shape index (κ2) is 9.73. The molecule has 1 atom stereocenters. The van der Waals surface area contributed by atoms with Gasteiger partial charge in [0.05, 0.1) is 25.5 Å². The van der Waals surface area contributed by atoms with Gasteiger partial charge < -0.3 is 24.6 Å². The molecule has 1 saturated carbocycles. The Morgan fingerprint density at radius 1 is 1.03 bits per heavy atom. The summed E-state index contributed by atoms with van der Waals surface area (Å²) in [6.07, 6.45) is 10.1. The predicted octanol–water partition coefficient (Wildman–Crippen LogP) is 3.78. The average Bonchev–Trinajstić information content (AvgIpc) is 3.50. The summed E-state index contributed by atoms with van der Waals surface area (Å²) >= 11 is 0. The minimum Gasteiger partial charge on any atom is -0.492 e. The summed E-state index contributed by atoms with van der Waals surface area (Å²) in [5.41, 5.74) is 1.69. The minimum absolute atomic E-state index is 0.0766. The number of aliphatic hydroxyl groups excluding tert-OH is 1. The van der Waals surface area contributed by atoms with E-state index in [4.69, 9.17) is 19.7 Å². The van der Waals surface area contributed by atoms with E-state index in [1.807, 2.05) is 36.7 Å². The molecule has 1 aromatic carbocycles. The maximum Gasteiger partial charge on any atom is 0.229 e. The summed E-state index contributed by atoms with van der Waals surface area (Å²) in [4.78, 5) is 16.7. The molecule has 2 aromatic heterocycles. The van der Waals surface area contributed by atoms with Gasteiger partial charge in [-0.1, -0.05) is 37.5 Å². The molecule has 3 heterocycles. The first kappa shape index (κ1) is 21.0. The fraction of sp³-hybridized carbons (Fsp3) is 0.542. The fourth-order valence-corrected chi connectivity index (χ4v) is 4.93. The van der Waals surface area contributed by atoms with Crippen molar-refractivity contribution >= 4 is 22.9 Å². The molecule has 0 amide bonds. The summed E-state index contributed by atoms with van der Waals surface area (Å²) in [6, 6.07) is 10.3. The zero-order valence-corrected chi connectivity index (χ0v) is 18.5. The lowest BCUT2D eigenvalue weighted by Gasteiger charge is -2.25. The van der Waals surface area contributed by atoms with Crippen LogP contribution < -0.4 is 15.0 Å². The Bertz CT molecular complexity index is 1020. The summed E-state index contributed by atoms with van der Waals surface area (Å²) in [7, 11) is 0. The highest BCUT2D eigenvalue weighted by Gasteiger charge is 2.28. The van der Waals surface area contributed by atoms with Crippen LogP contribution in [0.15, 0.2) is 36.7 Å². The largest absolute Gasteiger partial charge is 0.492 e. The van der Waals surface area contributed by atoms with Gasteiger partial charge in [0.1, 0.15) is 12.4 Å². The van der Waals surface area contributed by atoms with Gasteiger partial charge in [-0.05, 0) is 37.8 Å². The molecule has 32 heavy (non-hydrogen) atoms. The van der Waals surface area contributed by atoms with Crippen LogP contribution in [0.4, 0.5) is 11.8 Å². The summed E-state index contributed by atoms with van der Waals surface area (Å²) in [5, 5.41) is 13.3. The van der Waals surface area contributed by atoms with E-state index < -0.39 is 0 Å². The van der Waals surface area contributed by atoms with Crippen LogP contribution in [-0.2, 0) is 0 Å². The molecule has 170 valence electrons. The fourth-order valence-electron chi connectivity index (χ4n) is 4.93. The maximum atomic E-state index is 9.83. The number of hydrogen-bond acceptors (Lipinski definition) is 7. The van der Waals surface area contributed by atoms with Crippen molar-refractivity contribution in [2.24, 2.45) is 0 Å². The molecule has 3 aromatic rings. The average molecular weight is 437 g/mol. The predicted molar refractivity (Wildman–Crippen MR) is 125 cm³/mol. The third-order valence-corrected chi connectivity index (χ3v) is 6.63. The van der Waals surface area contributed by atoms with E-state index in [2.05, 4.69) is 14.8 Å². The Kier molecular flexibility index (Phi) is 6.39. The Hall–Kier alpha value is -2.87. The Labute approximate surface area is 188 Å². The molecule has 2 N–H and O–H groups in total. The molecule has 1 aliphatic carbocycles. The highest BCUT2D eigenvalue weighted by atomic mass is 16.5. The zero-order valence-electron chi connectivity index (χ0n) is 18.5. The molecule has 1 unspecified atom stereocenters. The maximum absolute atomic E-state index is 9.83. The van der Waals surface area contributed by atoms with Gasteiger partial charge in [-0.3, -0.25) is 0 Å². The number of aromatic nitrogens is 4. The first-order chi connectivity index (χ1) is 15.8. The quantitative estimate of drug-likeness (QED) is 0.520. The van der Waals surface area contributed by atoms with Gasteiger partial charge in [0.2, 0.25) is 5.95 Å². The Balaban J connectivity index is 1.41. The molecule has 0 spiro atoms. The Morgan fingerprint density at radius 2 is 1.88 bits per heavy atom. The number of anilines is 2. The van der Waals surface area contributed by atoms with Crippen molar-refractivity contribution in [1.29, 1.82) is 0 Å². The number of para-hydroxylation sites is 1. The molecule has 2 fully saturated rings. The number of fused-ring (bicyclic) bond motifs is 1. The lowest BCUT2D eigenvalue weighted by molar-refractivity contribution is 0.265. The van der Waals surface area contributed by atoms with E-state index in [9.17, 15) is 5.11 Å². The van der Waals surface area contributed by atoms with Crippen molar-refractivity contribution in [3.8, 4) is 5.75 Å². The number of aliphatic hydroxyl groups is 1. The van der Waals surface area contributed by atoms with E-state index in [1.165, 1.54) is 32.1 Å². The number of nitrogens with one attached hydrogen (secondary N) is 1. The molecule has 5 rings (SSSR count). The van der Waals surface area contributed by atoms with Crippen LogP contribution in [-0.4, -0.2) is 57.0 Å². The summed E-state index contributed by atoms with van der Waals surface area (Å²) in [5.74, 6) is 2.27. The molecule has 1 saturated heterocycles. The van der Waals surface area contributed by atoms with Crippen LogP contribution in [0, 0.1) is 0 Å². The van der Waals surface area contributed by atoms with E-state index in [0.29, 0.717) is 25.1 Å². The number of hydrogen-bond donors (Lipinski definition) is 2. The highest BCUT2D eigenvalue weighted by Crippen LogP contribution is 2.33. The molecule has 0 bridgehead atoms. The number of benzene rings is 1. The standard InChI is InChI=1S/C24H32N6O2/c31-16-19-10-7-14-29(19)24-27-22(25-13-15-32-20-11-5-2-6-12-20)21-23(28-24)30(17-26-21)18-8-3-1-4-9-18/h2,5-6,11-12,17-19,31H,1,3-4,7-10,13-16H2,(H,25,27,28). The van der Waals surface area contributed by atoms with Gasteiger partial charge in [0.25, 0.3) is 0 Å². The topological polar surface area (TPSA) is 88.3 Å². The molecule has 2 aliphatic rings. The number of nitrogens with zero attached hydrogens (tertiary/aromatic N) is 5. The van der Waals surface area contributed by atoms with Crippen LogP contribution in [0.5, 0.6) is 5.75 Å². The molecule has 1 aliphatic heterocycles. The Morgan fingerprint density at radius 3 is 2.69 bits per heavy atom. The van der Waals surface area contributed by atoms with E-state index in [1.54, 1.807) is 0 Å². The van der Waals surface area contributed by atoms with Crippen molar-refractivity contribution in [1.82, 2.24) is 19.5 Å². The number of ether oxygens (including phenoxy) is 1. The van der Waals surface area contributed by atoms with Crippen LogP contribution in [0.25, 0.3) is 11.2 Å². The van der Waals surface area contributed by atoms with Gasteiger partial charge in [-0.2, -0.15) is 9.97 Å². The van der Waals surface area contributed by atoms with Crippen molar-refractivity contribution in [2.45, 2.75) is 57.0 Å². The molecule has 8 nitrogen and oxygen atoms in total. The monoisotopic (exact) mass is 436 g/mol. The second-order valence-corrected chi connectivity index (χ2v) is 8.75. The third kappa shape index (κ3) is 4.37. The van der Waals surface area contributed by atoms with Crippen LogP contribution in [0.1, 0.15) is 51.0 Å². The van der Waals surface area contributed by atoms with Crippen molar-refractivity contribution in [2.75, 3.05) is 36.5 Å². The second-order valence-electron chi connectivity index (χ2n) is 8.75. The highest BCUT2D eigenvalue weighted by molar-refractivity contribution is 5.84. The van der Waals surface area contributed by atoms with Crippen LogP contribution in [0.2, 0.25) is 0 Å². The van der Waals surface area contributed by atoms with E-state index in [0.717, 1.165) is 42.1 Å². The first-order valence-electron chi connectivity index (χ1n) is 11.9. The zero-order chi connectivity index (χ0) is 21.8. The van der Waals surface area contributed by atoms with Crippen molar-refractivity contribution < 1.29 is 9.84 Å². The molecule has 0 radical (unpaired) electrons. The number of rotatable bonds is 8. The van der Waals surface area contributed by atoms with Gasteiger partial charge in [-0.25, -0.2) is 4.98 Å². The van der Waals surface area contributed by atoms with Crippen molar-refractivity contribution in [3.05, 3.63) is 36.7 Å². The normalized spacial score (nSPS) is 19.5. The lowest BCUT2D eigenvalue weighted by Crippen LogP contribution is -2.33. The molecular weight excluding hydrogens is 404 g/mol. The van der Waals surface area contributed by atoms with Crippen LogP contribution >= 0.6 is 0 Å². The first-order valence-corrected chi connectivity index (χ1v) is 11.9. The van der Waals surface area contributed by atoms with Crippen LogP contribution in [0.3, 0.4) is 0 Å². The third-order valence-electron chi connectivity index (χ3n) is 6.63. The minimum atomic E-state index is 0.0766.